The van der Waals surface area contributed by atoms with Gasteiger partial charge in [-0.1, -0.05) is 75.8 Å². The van der Waals surface area contributed by atoms with Crippen LogP contribution < -0.4 is 16.0 Å². The van der Waals surface area contributed by atoms with Gasteiger partial charge >= 0.3 is 35.8 Å². The van der Waals surface area contributed by atoms with Gasteiger partial charge in [0.15, 0.2) is 49.6 Å². The first kappa shape index (κ1) is 120. The molecule has 0 aromatic heterocycles. The molecule has 0 bridgehead atoms. The smallest absolute Gasteiger partial charge is 0.330 e. The van der Waals surface area contributed by atoms with Crippen LogP contribution in [0.4, 0.5) is 0 Å². The first-order valence-electron chi connectivity index (χ1n) is 47.8. The van der Waals surface area contributed by atoms with E-state index in [1.165, 1.54) is 79.8 Å². The molecule has 6 saturated heterocycles. The minimum absolute atomic E-state index is 0.000969. The van der Waals surface area contributed by atoms with Gasteiger partial charge in [0.25, 0.3) is 0 Å². The molecule has 6 fully saturated rings. The Morgan fingerprint density at radius 1 is 0.485 bits per heavy atom. The molecule has 776 valence electrons. The Morgan fingerprint density at radius 3 is 1.11 bits per heavy atom. The summed E-state index contributed by atoms with van der Waals surface area (Å²) < 4.78 is 114. The van der Waals surface area contributed by atoms with Crippen LogP contribution in [0.25, 0.3) is 0 Å². The van der Waals surface area contributed by atoms with Gasteiger partial charge in [-0.3, -0.25) is 43.2 Å². The standard InChI is InChI=1S/C48H85N3O16.C44H74N2O16.C4H11N/c1-18-35-48(14,58)40(55)30(8)49-43(56)26(4)24-46(12,59-16)41(67-45-39(63-33(11)53)34(23-27(5)61-45)50(15)32(10)52)28(6)38(29(7)44(57)64-35)66-37-25-47(13,60-17)42(31(9)62-37)65-36(54)21-22-51(19-2)20-3;1-17-31-44(13,53)36(50)26(7)45-39(51)22(3)20-42(11,54-15)37(62-41-35(58-29(10)48)30(19-23(4)56-41)46(14)28(9)47)24(5)34(25(6)40(52)59-31)61-33-21-43(12,55-16)38(27(8)57-33)60-32(49)18-2;1-3-5-4-2/h26-31,34-35,37-42,45,55,58H,18-25H2,1-17H3,(H,49,56);18,22-27,30-31,33-38,41,50,53H,2,17,19-21H2,1,3-16H3,(H,45,51);5H,3-4H2,1-2H3/t26-,27-,28+,29-,30-,31+,34+,35-,37+,38+,39-,40-,41-,42+,45+,46-,47-,48-;22-,23-,24+,25-,26-,27+,30+,31-,33+,34+,35-,36-,37-,38+,41+,42-,43-,44-;/m11./s1. The third kappa shape index (κ3) is 31.1. The van der Waals surface area contributed by atoms with Crippen LogP contribution in [-0.2, 0) is 133 Å². The van der Waals surface area contributed by atoms with Gasteiger partial charge < -0.3 is 136 Å². The van der Waals surface area contributed by atoms with Gasteiger partial charge in [-0.05, 0) is 162 Å². The molecule has 6 heterocycles. The lowest BCUT2D eigenvalue weighted by Gasteiger charge is -2.50. The van der Waals surface area contributed by atoms with Gasteiger partial charge in [0.2, 0.25) is 23.6 Å². The van der Waals surface area contributed by atoms with Crippen LogP contribution in [0.5, 0.6) is 0 Å². The molecule has 0 aromatic carbocycles. The molecule has 36 atom stereocenters. The van der Waals surface area contributed by atoms with E-state index in [1.807, 2.05) is 20.8 Å². The van der Waals surface area contributed by atoms with Crippen molar-refractivity contribution in [2.45, 2.75) is 432 Å². The number of rotatable bonds is 28. The number of nitrogens with zero attached hydrogens (tertiary/aromatic N) is 3. The normalized spacial score (nSPS) is 40.2. The molecule has 6 aliphatic rings. The fourth-order valence-corrected chi connectivity index (χ4v) is 19.5. The predicted molar refractivity (Wildman–Crippen MR) is 492 cm³/mol. The maximum absolute atomic E-state index is 14.6. The number of amides is 4. The third-order valence-electron chi connectivity index (χ3n) is 28.1. The molecule has 7 N–H and O–H groups in total. The Bertz CT molecular complexity index is 3750. The van der Waals surface area contributed by atoms with Crippen molar-refractivity contribution in [3.63, 3.8) is 0 Å². The van der Waals surface area contributed by atoms with Gasteiger partial charge in [-0.2, -0.15) is 0 Å². The lowest BCUT2D eigenvalue weighted by atomic mass is 9.77. The molecule has 6 rings (SSSR count). The SMILES string of the molecule is C=CC(=O)O[C@H]1[C@H](C)O[C@@H](O[C@H]2[C@H](C)[C@@H](O[C@@H]3O[C@H](C)C[C@H](N(C)C(C)=O)[C@H]3OC(C)=O)[C@](C)(OC)C[C@@H](C)C(=O)N[C@H](C)[C@@H](O)[C@](C)(O)[C@@H](CC)OC(=O)[C@@H]2C)C[C@@]1(C)OC.CCNCC.CC[C@H]1OC(=O)[C@H](C)[C@@H](O[C@H]2C[C@@](C)(OC)[C@@H](OC(=O)CCN(CC)CC)[C@H](C)O2)[C@H](C)[C@@H](O[C@@H]2O[C@H](C)C[C@H](N(C)C(C)=O)[C@H]2OC(C)=O)[C@](C)(OC)C[C@@H](C)C(=O)N[C@H](C)[C@@H](O)[C@]1(C)O. The molecule has 0 aliphatic carbocycles. The fraction of sp³-hybridized carbons (Fsp3) is 0.875. The van der Waals surface area contributed by atoms with Gasteiger partial charge in [-0.25, -0.2) is 4.79 Å². The molecule has 134 heavy (non-hydrogen) atoms. The van der Waals surface area contributed by atoms with Crippen molar-refractivity contribution < 1.29 is 154 Å². The Balaban J connectivity index is 0.000000534. The number of hydrogen-bond donors (Lipinski definition) is 7. The quantitative estimate of drug-likeness (QED) is 0.0233. The summed E-state index contributed by atoms with van der Waals surface area (Å²) in [6.45, 7) is 54.7. The fourth-order valence-electron chi connectivity index (χ4n) is 19.5. The number of carbonyl (C=O) groups excluding carboxylic acids is 10. The van der Waals surface area contributed by atoms with Crippen LogP contribution in [0.1, 0.15) is 252 Å². The summed E-state index contributed by atoms with van der Waals surface area (Å²) in [4.78, 5) is 139. The first-order valence-corrected chi connectivity index (χ1v) is 47.8. The van der Waals surface area contributed by atoms with Crippen LogP contribution in [0, 0.1) is 35.5 Å². The van der Waals surface area contributed by atoms with E-state index in [0.717, 1.165) is 32.3 Å². The summed E-state index contributed by atoms with van der Waals surface area (Å²) in [5.41, 5.74) is -9.11. The highest BCUT2D eigenvalue weighted by molar-refractivity contribution is 5.82. The number of cyclic esters (lactones) is 2. The largest absolute Gasteiger partial charge is 0.459 e. The molecular weight excluding hydrogens is 1750 g/mol. The van der Waals surface area contributed by atoms with E-state index < -0.39 is 264 Å². The number of carbonyl (C=O) groups is 10. The van der Waals surface area contributed by atoms with Crippen LogP contribution in [0.3, 0.4) is 0 Å². The van der Waals surface area contributed by atoms with Crippen LogP contribution in [-0.4, -0.2) is 350 Å². The number of aliphatic hydroxyl groups excluding tert-OH is 2. The maximum Gasteiger partial charge on any atom is 0.330 e. The number of methoxy groups -OCH3 is 4. The lowest BCUT2D eigenvalue weighted by molar-refractivity contribution is -0.320. The van der Waals surface area contributed by atoms with Gasteiger partial charge in [0, 0.05) is 119 Å². The number of aliphatic hydroxyl groups is 4. The van der Waals surface area contributed by atoms with Crippen molar-refractivity contribution in [1.82, 2.24) is 30.7 Å². The number of likely N-dealkylation sites (N-methyl/N-ethyl adjacent to an activating group) is 2. The minimum Gasteiger partial charge on any atom is -0.459 e. The van der Waals surface area contributed by atoms with Crippen molar-refractivity contribution in [3.05, 3.63) is 12.7 Å². The molecule has 6 aliphatic heterocycles. The second kappa shape index (κ2) is 52.8. The van der Waals surface area contributed by atoms with E-state index in [4.69, 9.17) is 85.3 Å². The summed E-state index contributed by atoms with van der Waals surface area (Å²) in [6.07, 6.45) is -19.4. The number of hydrogen-bond acceptors (Lipinski definition) is 34. The van der Waals surface area contributed by atoms with Crippen LogP contribution in [0.15, 0.2) is 12.7 Å². The highest BCUT2D eigenvalue weighted by atomic mass is 16.7. The number of ether oxygens (including phenoxy) is 18. The first-order chi connectivity index (χ1) is 62.3. The average molecular weight is 1920 g/mol. The van der Waals surface area contributed by atoms with E-state index in [-0.39, 0.29) is 56.8 Å². The highest BCUT2D eigenvalue weighted by Gasteiger charge is 2.59. The second-order valence-electron chi connectivity index (χ2n) is 38.8. The molecule has 4 amide bonds. The van der Waals surface area contributed by atoms with E-state index in [0.29, 0.717) is 19.4 Å². The highest BCUT2D eigenvalue weighted by Crippen LogP contribution is 2.46. The van der Waals surface area contributed by atoms with Crippen molar-refractivity contribution >= 4 is 59.4 Å². The molecule has 38 heteroatoms. The predicted octanol–water partition coefficient (Wildman–Crippen LogP) is 7.09. The van der Waals surface area contributed by atoms with Crippen molar-refractivity contribution in [3.8, 4) is 0 Å². The zero-order chi connectivity index (χ0) is 102. The van der Waals surface area contributed by atoms with E-state index >= 15 is 0 Å². The Kier molecular flexibility index (Phi) is 47.3. The van der Waals surface area contributed by atoms with Crippen LogP contribution in [0.2, 0.25) is 0 Å². The van der Waals surface area contributed by atoms with Crippen LogP contribution >= 0.6 is 0 Å². The molecule has 38 nitrogen and oxygen atoms in total. The minimum atomic E-state index is -2.01. The van der Waals surface area contributed by atoms with E-state index in [9.17, 15) is 68.4 Å². The number of nitrogens with one attached hydrogen (secondary N) is 3. The molecule has 0 saturated carbocycles. The lowest BCUT2D eigenvalue weighted by Crippen LogP contribution is -2.62. The Labute approximate surface area is 795 Å². The number of esters is 6. The summed E-state index contributed by atoms with van der Waals surface area (Å²) in [6, 6.07) is -3.31. The van der Waals surface area contributed by atoms with E-state index in [2.05, 4.69) is 41.3 Å². The third-order valence-corrected chi connectivity index (χ3v) is 28.1. The van der Waals surface area contributed by atoms with Gasteiger partial charge in [0.05, 0.1) is 102 Å². The molecule has 0 radical (unpaired) electrons. The maximum atomic E-state index is 14.6. The van der Waals surface area contributed by atoms with E-state index in [1.54, 1.807) is 132 Å². The summed E-state index contributed by atoms with van der Waals surface area (Å²) in [7, 11) is 9.10. The van der Waals surface area contributed by atoms with Crippen molar-refractivity contribution in [1.29, 1.82) is 0 Å². The van der Waals surface area contributed by atoms with Crippen molar-refractivity contribution in [2.24, 2.45) is 35.5 Å². The van der Waals surface area contributed by atoms with Gasteiger partial charge in [-0.15, -0.1) is 0 Å². The molecule has 0 spiro atoms. The summed E-state index contributed by atoms with van der Waals surface area (Å²) in [5, 5.41) is 55.2. The zero-order valence-electron chi connectivity index (χ0n) is 86.6. The molecular formula is C96H170N6O32. The zero-order valence-corrected chi connectivity index (χ0v) is 86.6. The summed E-state index contributed by atoms with van der Waals surface area (Å²) >= 11 is 0. The van der Waals surface area contributed by atoms with Gasteiger partial charge in [0.1, 0.15) is 46.8 Å². The van der Waals surface area contributed by atoms with Crippen molar-refractivity contribution in [2.75, 3.05) is 75.3 Å². The second-order valence-corrected chi connectivity index (χ2v) is 38.8. The average Bonchev–Trinajstić information content (AvgIpc) is 1.00. The Morgan fingerprint density at radius 2 is 0.821 bits per heavy atom. The topological polar surface area (TPSA) is 464 Å². The molecule has 0 unspecified atom stereocenters. The Hall–Kier alpha value is -6.28. The molecule has 0 aromatic rings. The summed E-state index contributed by atoms with van der Waals surface area (Å²) in [5.74, 6) is -11.1. The monoisotopic (exact) mass is 1920 g/mol.